The molecule has 0 unspecified atom stereocenters. The normalized spacial score (nSPS) is 23.7. The number of hydrogen-bond donors (Lipinski definition) is 6. The van der Waals surface area contributed by atoms with Gasteiger partial charge in [0.1, 0.15) is 0 Å². The van der Waals surface area contributed by atoms with Crippen molar-refractivity contribution in [3.05, 3.63) is 23.5 Å². The van der Waals surface area contributed by atoms with Gasteiger partial charge >= 0.3 is 5.97 Å². The highest BCUT2D eigenvalue weighted by Crippen LogP contribution is 2.31. The van der Waals surface area contributed by atoms with Crippen LogP contribution >= 0.6 is 0 Å². The second kappa shape index (κ2) is 2.79. The summed E-state index contributed by atoms with van der Waals surface area (Å²) in [6.45, 7) is 0. The lowest BCUT2D eigenvalue weighted by atomic mass is 9.94. The van der Waals surface area contributed by atoms with Gasteiger partial charge in [0.15, 0.2) is 5.76 Å². The number of hydrogen-bond acceptors (Lipinski definition) is 6. The molecule has 14 heavy (non-hydrogen) atoms. The molecular weight excluding hydrogens is 196 g/mol. The molecule has 1 rings (SSSR count). The monoisotopic (exact) mass is 204 g/mol. The summed E-state index contributed by atoms with van der Waals surface area (Å²) in [6.07, 6.45) is 0.808. The van der Waals surface area contributed by atoms with Gasteiger partial charge < -0.3 is 30.6 Å². The summed E-state index contributed by atoms with van der Waals surface area (Å²) in [5, 5.41) is 53.3. The first kappa shape index (κ1) is 10.7. The number of carbonyl (C=O) groups is 1. The van der Waals surface area contributed by atoms with E-state index < -0.39 is 28.9 Å². The van der Waals surface area contributed by atoms with Gasteiger partial charge in [-0.2, -0.15) is 0 Å². The Morgan fingerprint density at radius 3 is 2.07 bits per heavy atom. The average molecular weight is 204 g/mol. The van der Waals surface area contributed by atoms with Crippen LogP contribution in [0, 0.1) is 0 Å². The zero-order valence-corrected chi connectivity index (χ0v) is 6.75. The minimum Gasteiger partial charge on any atom is -0.507 e. The third-order valence-corrected chi connectivity index (χ3v) is 1.77. The van der Waals surface area contributed by atoms with Gasteiger partial charge in [-0.15, -0.1) is 0 Å². The molecule has 0 heterocycles. The van der Waals surface area contributed by atoms with Crippen LogP contribution in [0.5, 0.6) is 0 Å². The Morgan fingerprint density at radius 2 is 1.71 bits per heavy atom. The zero-order valence-electron chi connectivity index (χ0n) is 6.75. The summed E-state index contributed by atoms with van der Waals surface area (Å²) in [6, 6.07) is 0. The summed E-state index contributed by atoms with van der Waals surface area (Å²) < 4.78 is 0. The van der Waals surface area contributed by atoms with Crippen molar-refractivity contribution in [2.75, 3.05) is 0 Å². The topological polar surface area (TPSA) is 138 Å². The molecule has 0 bridgehead atoms. The number of rotatable bonds is 1. The Kier molecular flexibility index (Phi) is 2.13. The van der Waals surface area contributed by atoms with E-state index in [0.717, 1.165) is 0 Å². The number of aliphatic hydroxyl groups is 5. The largest absolute Gasteiger partial charge is 0.507 e. The Labute approximate surface area is 77.5 Å². The van der Waals surface area contributed by atoms with Gasteiger partial charge in [0.25, 0.3) is 5.79 Å². The number of aliphatic carboxylic acids is 1. The average Bonchev–Trinajstić information content (AvgIpc) is 1.99. The quantitative estimate of drug-likeness (QED) is 0.267. The Balaban J connectivity index is 3.25. The van der Waals surface area contributed by atoms with Crippen molar-refractivity contribution in [3.63, 3.8) is 0 Å². The molecule has 7 heteroatoms. The zero-order chi connectivity index (χ0) is 11.1. The van der Waals surface area contributed by atoms with Crippen molar-refractivity contribution in [3.8, 4) is 0 Å². The fourth-order valence-corrected chi connectivity index (χ4v) is 0.919. The minimum absolute atomic E-state index is 0.301. The van der Waals surface area contributed by atoms with Gasteiger partial charge in [-0.1, -0.05) is 0 Å². The SMILES string of the molecule is O=C(O)C1=CC(O)(O)C(O)(O)C(O)=C1. The maximum absolute atomic E-state index is 10.4. The molecule has 0 amide bonds. The van der Waals surface area contributed by atoms with E-state index in [9.17, 15) is 4.79 Å². The second-order valence-electron chi connectivity index (χ2n) is 2.83. The van der Waals surface area contributed by atoms with Crippen LogP contribution in [0.2, 0.25) is 0 Å². The lowest BCUT2D eigenvalue weighted by Gasteiger charge is -2.34. The smallest absolute Gasteiger partial charge is 0.335 e. The molecule has 0 saturated heterocycles. The molecule has 0 aliphatic heterocycles. The number of carboxylic acid groups (broad SMARTS) is 1. The van der Waals surface area contributed by atoms with Crippen LogP contribution in [-0.4, -0.2) is 48.2 Å². The second-order valence-corrected chi connectivity index (χ2v) is 2.83. The molecule has 0 fully saturated rings. The summed E-state index contributed by atoms with van der Waals surface area (Å²) in [5.41, 5.74) is -0.661. The Morgan fingerprint density at radius 1 is 1.21 bits per heavy atom. The van der Waals surface area contributed by atoms with Gasteiger partial charge in [0, 0.05) is 0 Å². The van der Waals surface area contributed by atoms with Crippen molar-refractivity contribution in [2.45, 2.75) is 11.6 Å². The van der Waals surface area contributed by atoms with E-state index in [1.165, 1.54) is 0 Å². The molecule has 6 N–H and O–H groups in total. The molecular formula is C7H8O7. The third-order valence-electron chi connectivity index (χ3n) is 1.77. The van der Waals surface area contributed by atoms with E-state index in [2.05, 4.69) is 0 Å². The third kappa shape index (κ3) is 1.38. The van der Waals surface area contributed by atoms with Crippen molar-refractivity contribution in [1.29, 1.82) is 0 Å². The lowest BCUT2D eigenvalue weighted by Crippen LogP contribution is -2.56. The van der Waals surface area contributed by atoms with Gasteiger partial charge in [0.2, 0.25) is 5.79 Å². The summed E-state index contributed by atoms with van der Waals surface area (Å²) >= 11 is 0. The molecule has 0 spiro atoms. The van der Waals surface area contributed by atoms with Crippen molar-refractivity contribution < 1.29 is 35.4 Å². The van der Waals surface area contributed by atoms with E-state index in [1.807, 2.05) is 0 Å². The Bertz CT molecular complexity index is 336. The first-order chi connectivity index (χ1) is 6.18. The lowest BCUT2D eigenvalue weighted by molar-refractivity contribution is -0.325. The van der Waals surface area contributed by atoms with E-state index in [1.54, 1.807) is 0 Å². The summed E-state index contributed by atoms with van der Waals surface area (Å²) in [5.74, 6) is -9.37. The van der Waals surface area contributed by atoms with Crippen molar-refractivity contribution >= 4 is 5.97 Å². The molecule has 7 nitrogen and oxygen atoms in total. The van der Waals surface area contributed by atoms with E-state index in [-0.39, 0.29) is 0 Å². The molecule has 0 radical (unpaired) electrons. The van der Waals surface area contributed by atoms with Crippen LogP contribution < -0.4 is 0 Å². The van der Waals surface area contributed by atoms with Crippen LogP contribution in [0.25, 0.3) is 0 Å². The predicted octanol–water partition coefficient (Wildman–Crippen LogP) is -2.19. The molecule has 0 aromatic rings. The minimum atomic E-state index is -3.31. The molecule has 0 aromatic carbocycles. The van der Waals surface area contributed by atoms with Gasteiger partial charge in [0.05, 0.1) is 5.57 Å². The number of aliphatic hydroxyl groups excluding tert-OH is 1. The van der Waals surface area contributed by atoms with Gasteiger partial charge in [-0.25, -0.2) is 4.79 Å². The summed E-state index contributed by atoms with van der Waals surface area (Å²) in [4.78, 5) is 10.4. The maximum atomic E-state index is 10.4. The highest BCUT2D eigenvalue weighted by atomic mass is 16.6. The van der Waals surface area contributed by atoms with E-state index >= 15 is 0 Å². The van der Waals surface area contributed by atoms with Crippen LogP contribution in [0.1, 0.15) is 0 Å². The van der Waals surface area contributed by atoms with Crippen LogP contribution in [-0.2, 0) is 4.79 Å². The summed E-state index contributed by atoms with van der Waals surface area (Å²) in [7, 11) is 0. The molecule has 0 saturated carbocycles. The maximum Gasteiger partial charge on any atom is 0.335 e. The van der Waals surface area contributed by atoms with Crippen LogP contribution in [0.3, 0.4) is 0 Å². The predicted molar refractivity (Wildman–Crippen MR) is 40.8 cm³/mol. The van der Waals surface area contributed by atoms with Gasteiger partial charge in [-0.05, 0) is 12.2 Å². The molecule has 1 aliphatic rings. The standard InChI is InChI=1S/C7H8O7/c8-4-1-3(5(9)10)2-6(11,12)7(4,13)14/h1-2,8,11-14H,(H,9,10). The number of carboxylic acids is 1. The van der Waals surface area contributed by atoms with Crippen molar-refractivity contribution in [1.82, 2.24) is 0 Å². The highest BCUT2D eigenvalue weighted by Gasteiger charge is 2.52. The van der Waals surface area contributed by atoms with Crippen LogP contribution in [0.4, 0.5) is 0 Å². The molecule has 0 aromatic heterocycles. The first-order valence-corrected chi connectivity index (χ1v) is 3.45. The fraction of sp³-hybridized carbons (Fsp3) is 0.286. The first-order valence-electron chi connectivity index (χ1n) is 3.45. The van der Waals surface area contributed by atoms with Crippen LogP contribution in [0.15, 0.2) is 23.5 Å². The molecule has 0 atom stereocenters. The highest BCUT2D eigenvalue weighted by molar-refractivity contribution is 5.90. The van der Waals surface area contributed by atoms with E-state index in [0.29, 0.717) is 12.2 Å². The van der Waals surface area contributed by atoms with E-state index in [4.69, 9.17) is 30.6 Å². The molecule has 1 aliphatic carbocycles. The molecule has 78 valence electrons. The fourth-order valence-electron chi connectivity index (χ4n) is 0.919. The van der Waals surface area contributed by atoms with Crippen molar-refractivity contribution in [2.24, 2.45) is 0 Å². The Hall–Kier alpha value is -1.41. The van der Waals surface area contributed by atoms with Gasteiger partial charge in [-0.3, -0.25) is 0 Å².